The van der Waals surface area contributed by atoms with Gasteiger partial charge in [-0.3, -0.25) is 4.79 Å². The van der Waals surface area contributed by atoms with E-state index >= 15 is 0 Å². The van der Waals surface area contributed by atoms with Crippen LogP contribution in [0.25, 0.3) is 0 Å². The van der Waals surface area contributed by atoms with Gasteiger partial charge in [-0.05, 0) is 12.8 Å². The number of rotatable bonds is 5. The number of carbonyl (C=O) groups is 1. The molecule has 0 saturated carbocycles. The Labute approximate surface area is 87.8 Å². The van der Waals surface area contributed by atoms with Crippen LogP contribution < -0.4 is 0 Å². The number of nitrogens with zero attached hydrogens (tertiary/aromatic N) is 1. The summed E-state index contributed by atoms with van der Waals surface area (Å²) in [7, 11) is 0. The summed E-state index contributed by atoms with van der Waals surface area (Å²) < 4.78 is 0. The smallest absolute Gasteiger partial charge is 0.310 e. The molecule has 0 saturated heterocycles. The number of aliphatic carboxylic acids is 1. The van der Waals surface area contributed by atoms with E-state index in [1.807, 2.05) is 0 Å². The molecule has 3 nitrogen and oxygen atoms in total. The highest BCUT2D eigenvalue weighted by atomic mass is 32.1. The van der Waals surface area contributed by atoms with Gasteiger partial charge in [-0.2, -0.15) is 0 Å². The number of aryl methyl sites for hydroxylation is 2. The minimum absolute atomic E-state index is 0.0569. The van der Waals surface area contributed by atoms with Gasteiger partial charge in [0.05, 0.1) is 12.1 Å². The molecule has 1 rings (SSSR count). The Kier molecular flexibility index (Phi) is 4.07. The molecule has 0 atom stereocenters. The second-order valence-electron chi connectivity index (χ2n) is 3.15. The SMILES string of the molecule is CCCc1nc(CC(=O)O)sc1CC. The summed E-state index contributed by atoms with van der Waals surface area (Å²) >= 11 is 1.54. The van der Waals surface area contributed by atoms with Gasteiger partial charge in [0.2, 0.25) is 0 Å². The molecule has 1 aromatic rings. The van der Waals surface area contributed by atoms with E-state index in [9.17, 15) is 4.79 Å². The molecule has 14 heavy (non-hydrogen) atoms. The first-order valence-corrected chi connectivity index (χ1v) is 5.68. The van der Waals surface area contributed by atoms with E-state index in [1.165, 1.54) is 16.2 Å². The van der Waals surface area contributed by atoms with E-state index < -0.39 is 5.97 Å². The van der Waals surface area contributed by atoms with Crippen molar-refractivity contribution in [1.29, 1.82) is 0 Å². The molecule has 1 aromatic heterocycles. The summed E-state index contributed by atoms with van der Waals surface area (Å²) in [6, 6.07) is 0. The van der Waals surface area contributed by atoms with E-state index in [4.69, 9.17) is 5.11 Å². The van der Waals surface area contributed by atoms with Crippen molar-refractivity contribution in [3.63, 3.8) is 0 Å². The van der Waals surface area contributed by atoms with Crippen LogP contribution in [0.15, 0.2) is 0 Å². The molecule has 0 aliphatic carbocycles. The normalized spacial score (nSPS) is 10.4. The average Bonchev–Trinajstić information content (AvgIpc) is 2.47. The van der Waals surface area contributed by atoms with E-state index in [1.54, 1.807) is 0 Å². The lowest BCUT2D eigenvalue weighted by atomic mass is 10.2. The molecule has 0 aromatic carbocycles. The fourth-order valence-electron chi connectivity index (χ4n) is 1.35. The molecular weight excluding hydrogens is 198 g/mol. The number of carboxylic acid groups (broad SMARTS) is 1. The van der Waals surface area contributed by atoms with E-state index in [-0.39, 0.29) is 6.42 Å². The maximum absolute atomic E-state index is 10.5. The molecular formula is C10H15NO2S. The van der Waals surface area contributed by atoms with Crippen LogP contribution in [0.3, 0.4) is 0 Å². The molecule has 0 aliphatic rings. The molecule has 0 fully saturated rings. The van der Waals surface area contributed by atoms with Crippen LogP contribution in [0, 0.1) is 0 Å². The molecule has 1 heterocycles. The molecule has 78 valence electrons. The van der Waals surface area contributed by atoms with Crippen LogP contribution in [-0.2, 0) is 24.1 Å². The van der Waals surface area contributed by atoms with Gasteiger partial charge in [0.1, 0.15) is 5.01 Å². The highest BCUT2D eigenvalue weighted by Crippen LogP contribution is 2.20. The zero-order chi connectivity index (χ0) is 10.6. The molecule has 0 amide bonds. The Hall–Kier alpha value is -0.900. The van der Waals surface area contributed by atoms with Gasteiger partial charge in [0, 0.05) is 4.88 Å². The predicted octanol–water partition coefficient (Wildman–Crippen LogP) is 2.29. The molecule has 0 bridgehead atoms. The number of hydrogen-bond donors (Lipinski definition) is 1. The average molecular weight is 213 g/mol. The Bertz CT molecular complexity index is 320. The number of thiazole rings is 1. The summed E-state index contributed by atoms with van der Waals surface area (Å²) in [6.07, 6.45) is 3.02. The lowest BCUT2D eigenvalue weighted by Gasteiger charge is -1.94. The lowest BCUT2D eigenvalue weighted by molar-refractivity contribution is -0.136. The van der Waals surface area contributed by atoms with E-state index in [2.05, 4.69) is 18.8 Å². The van der Waals surface area contributed by atoms with Crippen LogP contribution in [0.5, 0.6) is 0 Å². The van der Waals surface area contributed by atoms with Crippen molar-refractivity contribution in [3.8, 4) is 0 Å². The summed E-state index contributed by atoms with van der Waals surface area (Å²) in [5.41, 5.74) is 1.09. The fourth-order valence-corrected chi connectivity index (χ4v) is 2.40. The Morgan fingerprint density at radius 1 is 1.50 bits per heavy atom. The molecule has 0 spiro atoms. The fraction of sp³-hybridized carbons (Fsp3) is 0.600. The summed E-state index contributed by atoms with van der Waals surface area (Å²) in [5.74, 6) is -0.801. The minimum atomic E-state index is -0.801. The third-order valence-electron chi connectivity index (χ3n) is 1.93. The van der Waals surface area contributed by atoms with Gasteiger partial charge in [0.15, 0.2) is 0 Å². The summed E-state index contributed by atoms with van der Waals surface area (Å²) in [6.45, 7) is 4.19. The quantitative estimate of drug-likeness (QED) is 0.816. The van der Waals surface area contributed by atoms with Crippen molar-refractivity contribution >= 4 is 17.3 Å². The Balaban J connectivity index is 2.82. The van der Waals surface area contributed by atoms with Gasteiger partial charge < -0.3 is 5.11 Å². The predicted molar refractivity (Wildman–Crippen MR) is 56.8 cm³/mol. The van der Waals surface area contributed by atoms with Gasteiger partial charge in [-0.1, -0.05) is 20.3 Å². The number of carboxylic acids is 1. The number of hydrogen-bond acceptors (Lipinski definition) is 3. The van der Waals surface area contributed by atoms with E-state index in [0.717, 1.165) is 30.0 Å². The Morgan fingerprint density at radius 3 is 2.71 bits per heavy atom. The largest absolute Gasteiger partial charge is 0.481 e. The molecule has 0 unspecified atom stereocenters. The van der Waals surface area contributed by atoms with Crippen LogP contribution >= 0.6 is 11.3 Å². The third-order valence-corrected chi connectivity index (χ3v) is 3.17. The lowest BCUT2D eigenvalue weighted by Crippen LogP contribution is -1.99. The van der Waals surface area contributed by atoms with E-state index in [0.29, 0.717) is 0 Å². The van der Waals surface area contributed by atoms with Crippen molar-refractivity contribution in [2.45, 2.75) is 39.5 Å². The van der Waals surface area contributed by atoms with Gasteiger partial charge >= 0.3 is 5.97 Å². The monoisotopic (exact) mass is 213 g/mol. The van der Waals surface area contributed by atoms with Gasteiger partial charge in [0.25, 0.3) is 0 Å². The standard InChI is InChI=1S/C10H15NO2S/c1-3-5-7-8(4-2)14-9(11-7)6-10(12)13/h3-6H2,1-2H3,(H,12,13). The summed E-state index contributed by atoms with van der Waals surface area (Å²) in [5, 5.41) is 9.37. The second-order valence-corrected chi connectivity index (χ2v) is 4.32. The van der Waals surface area contributed by atoms with Crippen molar-refractivity contribution in [1.82, 2.24) is 4.98 Å². The van der Waals surface area contributed by atoms with Crippen molar-refractivity contribution in [2.75, 3.05) is 0 Å². The van der Waals surface area contributed by atoms with Crippen LogP contribution in [-0.4, -0.2) is 16.1 Å². The highest BCUT2D eigenvalue weighted by Gasteiger charge is 2.11. The Morgan fingerprint density at radius 2 is 2.21 bits per heavy atom. The number of aromatic nitrogens is 1. The van der Waals surface area contributed by atoms with Crippen molar-refractivity contribution in [3.05, 3.63) is 15.6 Å². The molecule has 0 radical (unpaired) electrons. The van der Waals surface area contributed by atoms with Crippen molar-refractivity contribution < 1.29 is 9.90 Å². The molecule has 1 N–H and O–H groups in total. The maximum Gasteiger partial charge on any atom is 0.310 e. The minimum Gasteiger partial charge on any atom is -0.481 e. The van der Waals surface area contributed by atoms with Crippen LogP contribution in [0.4, 0.5) is 0 Å². The first kappa shape index (κ1) is 11.2. The first-order chi connectivity index (χ1) is 6.67. The maximum atomic E-state index is 10.5. The molecule has 4 heteroatoms. The summed E-state index contributed by atoms with van der Waals surface area (Å²) in [4.78, 5) is 16.1. The third kappa shape index (κ3) is 2.80. The van der Waals surface area contributed by atoms with Crippen LogP contribution in [0.2, 0.25) is 0 Å². The topological polar surface area (TPSA) is 50.2 Å². The highest BCUT2D eigenvalue weighted by molar-refractivity contribution is 7.11. The first-order valence-electron chi connectivity index (χ1n) is 4.86. The zero-order valence-corrected chi connectivity index (χ0v) is 9.36. The van der Waals surface area contributed by atoms with Crippen molar-refractivity contribution in [2.24, 2.45) is 0 Å². The van der Waals surface area contributed by atoms with Gasteiger partial charge in [-0.25, -0.2) is 4.98 Å². The van der Waals surface area contributed by atoms with Gasteiger partial charge in [-0.15, -0.1) is 11.3 Å². The van der Waals surface area contributed by atoms with Crippen LogP contribution in [0.1, 0.15) is 35.8 Å². The molecule has 0 aliphatic heterocycles. The zero-order valence-electron chi connectivity index (χ0n) is 8.54. The second kappa shape index (κ2) is 5.10.